The van der Waals surface area contributed by atoms with Gasteiger partial charge in [0.25, 0.3) is 0 Å². The Morgan fingerprint density at radius 3 is 2.33 bits per heavy atom. The molecular weight excluding hydrogens is 220 g/mol. The minimum atomic E-state index is -0.925. The van der Waals surface area contributed by atoms with Gasteiger partial charge in [0.05, 0.1) is 0 Å². The Hall–Kier alpha value is -0.670. The topological polar surface area (TPSA) is 37.3 Å². The van der Waals surface area contributed by atoms with Crippen molar-refractivity contribution in [3.8, 4) is 0 Å². The Balaban J connectivity index is 2.90. The van der Waals surface area contributed by atoms with E-state index < -0.39 is 6.10 Å². The van der Waals surface area contributed by atoms with Crippen molar-refractivity contribution in [3.05, 3.63) is 34.3 Å². The van der Waals surface area contributed by atoms with Gasteiger partial charge in [0.15, 0.2) is 5.78 Å². The summed E-state index contributed by atoms with van der Waals surface area (Å²) in [5.74, 6) is -0.248. The first-order valence-electron chi connectivity index (χ1n) is 3.59. The zero-order valence-electron chi connectivity index (χ0n) is 6.62. The van der Waals surface area contributed by atoms with E-state index >= 15 is 0 Å². The van der Waals surface area contributed by atoms with Crippen LogP contribution in [0.25, 0.3) is 0 Å². The SMILES string of the molecule is C[C@@H](O)C(=O)c1ccc(Br)cc1. The summed E-state index contributed by atoms with van der Waals surface area (Å²) in [6.45, 7) is 1.46. The Kier molecular flexibility index (Phi) is 3.00. The average molecular weight is 229 g/mol. The quantitative estimate of drug-likeness (QED) is 0.787. The predicted octanol–water partition coefficient (Wildman–Crippen LogP) is 2.01. The molecule has 0 aromatic heterocycles. The summed E-state index contributed by atoms with van der Waals surface area (Å²) in [4.78, 5) is 11.2. The van der Waals surface area contributed by atoms with Gasteiger partial charge in [-0.1, -0.05) is 28.1 Å². The maximum atomic E-state index is 11.2. The number of carbonyl (C=O) groups excluding carboxylic acids is 1. The third-order valence-electron chi connectivity index (χ3n) is 1.51. The van der Waals surface area contributed by atoms with Gasteiger partial charge in [-0.2, -0.15) is 0 Å². The number of carbonyl (C=O) groups is 1. The normalized spacial score (nSPS) is 12.6. The fraction of sp³-hybridized carbons (Fsp3) is 0.222. The molecule has 12 heavy (non-hydrogen) atoms. The lowest BCUT2D eigenvalue weighted by molar-refractivity contribution is 0.0779. The van der Waals surface area contributed by atoms with Crippen molar-refractivity contribution in [2.24, 2.45) is 0 Å². The lowest BCUT2D eigenvalue weighted by atomic mass is 10.1. The van der Waals surface area contributed by atoms with Crippen molar-refractivity contribution in [2.75, 3.05) is 0 Å². The molecule has 1 atom stereocenters. The Morgan fingerprint density at radius 2 is 1.92 bits per heavy atom. The number of Topliss-reactive ketones (excluding diaryl/α,β-unsaturated/α-hetero) is 1. The van der Waals surface area contributed by atoms with Crippen LogP contribution >= 0.6 is 15.9 Å². The van der Waals surface area contributed by atoms with Gasteiger partial charge in [-0.3, -0.25) is 4.79 Å². The van der Waals surface area contributed by atoms with Crippen molar-refractivity contribution >= 4 is 21.7 Å². The predicted molar refractivity (Wildman–Crippen MR) is 50.2 cm³/mol. The second kappa shape index (κ2) is 3.83. The van der Waals surface area contributed by atoms with Gasteiger partial charge >= 0.3 is 0 Å². The van der Waals surface area contributed by atoms with Crippen molar-refractivity contribution in [3.63, 3.8) is 0 Å². The highest BCUT2D eigenvalue weighted by Gasteiger charge is 2.10. The van der Waals surface area contributed by atoms with E-state index in [4.69, 9.17) is 5.11 Å². The molecule has 64 valence electrons. The molecule has 0 aliphatic heterocycles. The van der Waals surface area contributed by atoms with Gasteiger partial charge < -0.3 is 5.11 Å². The molecular formula is C9H9BrO2. The number of aliphatic hydroxyl groups excluding tert-OH is 1. The molecule has 0 bridgehead atoms. The van der Waals surface area contributed by atoms with Crippen LogP contribution in [-0.4, -0.2) is 17.0 Å². The van der Waals surface area contributed by atoms with Crippen LogP contribution < -0.4 is 0 Å². The van der Waals surface area contributed by atoms with Crippen molar-refractivity contribution in [1.82, 2.24) is 0 Å². The first kappa shape index (κ1) is 9.42. The van der Waals surface area contributed by atoms with Crippen LogP contribution in [0, 0.1) is 0 Å². The summed E-state index contributed by atoms with van der Waals surface area (Å²) in [5, 5.41) is 8.98. The third kappa shape index (κ3) is 2.16. The van der Waals surface area contributed by atoms with Crippen molar-refractivity contribution in [1.29, 1.82) is 0 Å². The summed E-state index contributed by atoms with van der Waals surface area (Å²) >= 11 is 3.26. The third-order valence-corrected chi connectivity index (χ3v) is 2.04. The summed E-state index contributed by atoms with van der Waals surface area (Å²) in [6.07, 6.45) is -0.925. The number of hydrogen-bond donors (Lipinski definition) is 1. The molecule has 2 nitrogen and oxygen atoms in total. The van der Waals surface area contributed by atoms with E-state index in [0.29, 0.717) is 5.56 Å². The van der Waals surface area contributed by atoms with Crippen molar-refractivity contribution in [2.45, 2.75) is 13.0 Å². The van der Waals surface area contributed by atoms with Crippen LogP contribution in [-0.2, 0) is 0 Å². The van der Waals surface area contributed by atoms with Gasteiger partial charge in [-0.15, -0.1) is 0 Å². The first-order valence-corrected chi connectivity index (χ1v) is 4.38. The lowest BCUT2D eigenvalue weighted by Crippen LogP contribution is -2.15. The van der Waals surface area contributed by atoms with E-state index in [1.54, 1.807) is 24.3 Å². The van der Waals surface area contributed by atoms with E-state index in [-0.39, 0.29) is 5.78 Å². The van der Waals surface area contributed by atoms with E-state index in [1.807, 2.05) is 0 Å². The number of halogens is 1. The second-order valence-electron chi connectivity index (χ2n) is 2.55. The molecule has 0 saturated heterocycles. The van der Waals surface area contributed by atoms with Gasteiger partial charge in [0, 0.05) is 10.0 Å². The molecule has 0 fully saturated rings. The summed E-state index contributed by atoms with van der Waals surface area (Å²) < 4.78 is 0.921. The van der Waals surface area contributed by atoms with Crippen LogP contribution in [0.3, 0.4) is 0 Å². The second-order valence-corrected chi connectivity index (χ2v) is 3.46. The molecule has 0 heterocycles. The maximum absolute atomic E-state index is 11.2. The monoisotopic (exact) mass is 228 g/mol. The Labute approximate surface area is 79.3 Å². The van der Waals surface area contributed by atoms with Gasteiger partial charge in [0.2, 0.25) is 0 Å². The van der Waals surface area contributed by atoms with E-state index in [1.165, 1.54) is 6.92 Å². The van der Waals surface area contributed by atoms with E-state index in [2.05, 4.69) is 15.9 Å². The van der Waals surface area contributed by atoms with E-state index in [0.717, 1.165) is 4.47 Å². The molecule has 1 rings (SSSR count). The highest BCUT2D eigenvalue weighted by molar-refractivity contribution is 9.10. The highest BCUT2D eigenvalue weighted by atomic mass is 79.9. The van der Waals surface area contributed by atoms with Crippen LogP contribution in [0.1, 0.15) is 17.3 Å². The molecule has 3 heteroatoms. The number of benzene rings is 1. The number of hydrogen-bond acceptors (Lipinski definition) is 2. The number of rotatable bonds is 2. The van der Waals surface area contributed by atoms with Crippen LogP contribution in [0.5, 0.6) is 0 Å². The maximum Gasteiger partial charge on any atom is 0.190 e. The van der Waals surface area contributed by atoms with Crippen molar-refractivity contribution < 1.29 is 9.90 Å². The summed E-state index contributed by atoms with van der Waals surface area (Å²) in [5.41, 5.74) is 0.535. The zero-order chi connectivity index (χ0) is 9.14. The molecule has 0 aliphatic carbocycles. The van der Waals surface area contributed by atoms with Crippen LogP contribution in [0.4, 0.5) is 0 Å². The van der Waals surface area contributed by atoms with Crippen LogP contribution in [0.15, 0.2) is 28.7 Å². The average Bonchev–Trinajstić information content (AvgIpc) is 2.04. The zero-order valence-corrected chi connectivity index (χ0v) is 8.21. The minimum absolute atomic E-state index is 0.248. The lowest BCUT2D eigenvalue weighted by Gasteiger charge is -2.02. The molecule has 0 amide bonds. The molecule has 1 N–H and O–H groups in total. The highest BCUT2D eigenvalue weighted by Crippen LogP contribution is 2.11. The minimum Gasteiger partial charge on any atom is -0.385 e. The molecule has 0 saturated carbocycles. The molecule has 0 unspecified atom stereocenters. The van der Waals surface area contributed by atoms with E-state index in [9.17, 15) is 4.79 Å². The first-order chi connectivity index (χ1) is 5.61. The van der Waals surface area contributed by atoms with Gasteiger partial charge in [-0.05, 0) is 19.1 Å². The van der Waals surface area contributed by atoms with Gasteiger partial charge in [0.1, 0.15) is 6.10 Å². The Bertz CT molecular complexity index is 277. The fourth-order valence-corrected chi connectivity index (χ4v) is 1.12. The smallest absolute Gasteiger partial charge is 0.190 e. The molecule has 0 radical (unpaired) electrons. The standard InChI is InChI=1S/C9H9BrO2/c1-6(11)9(12)7-2-4-8(10)5-3-7/h2-6,11H,1H3/t6-/m1/s1. The summed E-state index contributed by atoms with van der Waals surface area (Å²) in [6, 6.07) is 6.91. The largest absolute Gasteiger partial charge is 0.385 e. The molecule has 0 spiro atoms. The van der Waals surface area contributed by atoms with Gasteiger partial charge in [-0.25, -0.2) is 0 Å². The Morgan fingerprint density at radius 1 is 1.42 bits per heavy atom. The summed E-state index contributed by atoms with van der Waals surface area (Å²) in [7, 11) is 0. The number of ketones is 1. The van der Waals surface area contributed by atoms with Crippen LogP contribution in [0.2, 0.25) is 0 Å². The molecule has 0 aliphatic rings. The molecule has 1 aromatic carbocycles. The molecule has 1 aromatic rings. The fourth-order valence-electron chi connectivity index (χ4n) is 0.855. The number of aliphatic hydroxyl groups is 1.